The van der Waals surface area contributed by atoms with Gasteiger partial charge in [0, 0.05) is 37.0 Å². The van der Waals surface area contributed by atoms with Crippen LogP contribution >= 0.6 is 0 Å². The highest BCUT2D eigenvalue weighted by molar-refractivity contribution is 6.50. The first kappa shape index (κ1) is 21.3. The van der Waals surface area contributed by atoms with E-state index < -0.39 is 34.7 Å². The first-order valence-corrected chi connectivity index (χ1v) is 10.8. The van der Waals surface area contributed by atoms with Crippen molar-refractivity contribution in [2.24, 2.45) is 0 Å². The number of aliphatic hydroxyl groups excluding tert-OH is 1. The number of carbonyl (C=O) groups excluding carboxylic acids is 3. The number of fused-ring (bicyclic) bond motifs is 2. The lowest BCUT2D eigenvalue weighted by atomic mass is 9.81. The second kappa shape index (κ2) is 7.52. The zero-order valence-corrected chi connectivity index (χ0v) is 18.3. The Morgan fingerprint density at radius 3 is 2.67 bits per heavy atom. The first-order valence-electron chi connectivity index (χ1n) is 10.8. The average Bonchev–Trinajstić information content (AvgIpc) is 3.46. The van der Waals surface area contributed by atoms with Crippen molar-refractivity contribution in [3.8, 4) is 0 Å². The highest BCUT2D eigenvalue weighted by Gasteiger charge is 2.67. The Hall–Kier alpha value is -3.52. The molecule has 3 aliphatic heterocycles. The summed E-state index contributed by atoms with van der Waals surface area (Å²) in [5.41, 5.74) is -0.867. The monoisotopic (exact) mass is 450 g/mol. The summed E-state index contributed by atoms with van der Waals surface area (Å²) < 4.78 is 20.0. The largest absolute Gasteiger partial charge is 0.507 e. The SMILES string of the molecule is Cc1ccc(C(O)=C2C(=O)C(=O)N(CC3CCCO3)C23C(=O)N(C)c2ccccc23)cc1F. The Bertz CT molecular complexity index is 1230. The average molecular weight is 450 g/mol. The van der Waals surface area contributed by atoms with E-state index in [2.05, 4.69) is 0 Å². The third kappa shape index (κ3) is 2.87. The van der Waals surface area contributed by atoms with Gasteiger partial charge >= 0.3 is 0 Å². The summed E-state index contributed by atoms with van der Waals surface area (Å²) in [5.74, 6) is -3.56. The van der Waals surface area contributed by atoms with Crippen molar-refractivity contribution >= 4 is 29.0 Å². The minimum Gasteiger partial charge on any atom is -0.507 e. The first-order chi connectivity index (χ1) is 15.8. The molecular weight excluding hydrogens is 427 g/mol. The number of amides is 2. The highest BCUT2D eigenvalue weighted by Crippen LogP contribution is 2.53. The van der Waals surface area contributed by atoms with Crippen LogP contribution in [0.5, 0.6) is 0 Å². The number of likely N-dealkylation sites (tertiary alicyclic amines) is 1. The second-order valence-electron chi connectivity index (χ2n) is 8.66. The molecule has 2 saturated heterocycles. The van der Waals surface area contributed by atoms with Gasteiger partial charge in [-0.2, -0.15) is 0 Å². The summed E-state index contributed by atoms with van der Waals surface area (Å²) in [7, 11) is 1.56. The van der Waals surface area contributed by atoms with E-state index in [0.717, 1.165) is 12.5 Å². The van der Waals surface area contributed by atoms with E-state index in [1.54, 1.807) is 38.2 Å². The van der Waals surface area contributed by atoms with Crippen molar-refractivity contribution in [3.05, 3.63) is 70.5 Å². The van der Waals surface area contributed by atoms with Gasteiger partial charge in [0.25, 0.3) is 17.6 Å². The van der Waals surface area contributed by atoms with Crippen LogP contribution < -0.4 is 4.90 Å². The topological polar surface area (TPSA) is 87.1 Å². The molecule has 1 N–H and O–H groups in total. The molecular formula is C25H23FN2O5. The predicted molar refractivity (Wildman–Crippen MR) is 118 cm³/mol. The summed E-state index contributed by atoms with van der Waals surface area (Å²) in [6, 6.07) is 10.9. The van der Waals surface area contributed by atoms with Gasteiger partial charge in [0.2, 0.25) is 0 Å². The Labute approximate surface area is 190 Å². The van der Waals surface area contributed by atoms with Crippen LogP contribution in [0.15, 0.2) is 48.0 Å². The third-order valence-electron chi connectivity index (χ3n) is 6.79. The summed E-state index contributed by atoms with van der Waals surface area (Å²) in [5, 5.41) is 11.3. The third-order valence-corrected chi connectivity index (χ3v) is 6.79. The lowest BCUT2D eigenvalue weighted by molar-refractivity contribution is -0.145. The van der Waals surface area contributed by atoms with Crippen LogP contribution in [0.1, 0.15) is 29.5 Å². The standard InChI is InChI=1S/C25H23FN2O5/c1-14-9-10-15(12-18(14)26)21(29)20-22(30)23(31)28(13-16-6-5-11-33-16)25(20)17-7-3-4-8-19(17)27(2)24(25)32/h3-4,7-10,12,16,29H,5-6,11,13H2,1-2H3. The number of ether oxygens (including phenoxy) is 1. The van der Waals surface area contributed by atoms with Gasteiger partial charge in [-0.15, -0.1) is 0 Å². The number of aliphatic hydroxyl groups is 1. The summed E-state index contributed by atoms with van der Waals surface area (Å²) >= 11 is 0. The number of carbonyl (C=O) groups is 3. The van der Waals surface area contributed by atoms with Crippen LogP contribution in [-0.4, -0.2) is 53.9 Å². The number of likely N-dealkylation sites (N-methyl/N-ethyl adjacent to an activating group) is 1. The fourth-order valence-corrected chi connectivity index (χ4v) is 5.10. The van der Waals surface area contributed by atoms with Gasteiger partial charge in [0.15, 0.2) is 5.54 Å². The molecule has 2 unspecified atom stereocenters. The van der Waals surface area contributed by atoms with E-state index in [0.29, 0.717) is 29.8 Å². The zero-order chi connectivity index (χ0) is 23.5. The normalized spacial score (nSPS) is 26.0. The summed E-state index contributed by atoms with van der Waals surface area (Å²) in [6.45, 7) is 2.14. The quantitative estimate of drug-likeness (QED) is 0.442. The molecule has 2 amide bonds. The van der Waals surface area contributed by atoms with E-state index in [4.69, 9.17) is 4.74 Å². The molecule has 0 radical (unpaired) electrons. The lowest BCUT2D eigenvalue weighted by Gasteiger charge is -2.35. The van der Waals surface area contributed by atoms with E-state index >= 15 is 0 Å². The molecule has 0 aliphatic carbocycles. The molecule has 0 saturated carbocycles. The van der Waals surface area contributed by atoms with Crippen molar-refractivity contribution < 1.29 is 28.6 Å². The molecule has 7 nitrogen and oxygen atoms in total. The van der Waals surface area contributed by atoms with Gasteiger partial charge in [-0.1, -0.05) is 30.3 Å². The summed E-state index contributed by atoms with van der Waals surface area (Å²) in [6.07, 6.45) is 1.17. The smallest absolute Gasteiger partial charge is 0.296 e. The molecule has 0 aromatic heterocycles. The van der Waals surface area contributed by atoms with Crippen molar-refractivity contribution in [2.75, 3.05) is 25.1 Å². The van der Waals surface area contributed by atoms with Crippen molar-refractivity contribution in [1.29, 1.82) is 0 Å². The van der Waals surface area contributed by atoms with Gasteiger partial charge < -0.3 is 19.6 Å². The maximum Gasteiger partial charge on any atom is 0.296 e. The minimum absolute atomic E-state index is 0.0208. The molecule has 2 aromatic carbocycles. The van der Waals surface area contributed by atoms with E-state index in [9.17, 15) is 23.9 Å². The molecule has 170 valence electrons. The number of aryl methyl sites for hydroxylation is 1. The van der Waals surface area contributed by atoms with Crippen LogP contribution in [0.25, 0.3) is 5.76 Å². The molecule has 8 heteroatoms. The number of nitrogens with zero attached hydrogens (tertiary/aromatic N) is 2. The number of halogens is 1. The van der Waals surface area contributed by atoms with Crippen LogP contribution in [0.2, 0.25) is 0 Å². The van der Waals surface area contributed by atoms with Gasteiger partial charge in [-0.25, -0.2) is 4.39 Å². The Balaban J connectivity index is 1.79. The zero-order valence-electron chi connectivity index (χ0n) is 18.3. The van der Waals surface area contributed by atoms with Crippen molar-refractivity contribution in [2.45, 2.75) is 31.4 Å². The van der Waals surface area contributed by atoms with Crippen molar-refractivity contribution in [1.82, 2.24) is 4.90 Å². The highest BCUT2D eigenvalue weighted by atomic mass is 19.1. The Morgan fingerprint density at radius 1 is 1.21 bits per heavy atom. The maximum atomic E-state index is 14.3. The molecule has 2 fully saturated rings. The number of anilines is 1. The number of hydrogen-bond donors (Lipinski definition) is 1. The molecule has 1 spiro atoms. The Morgan fingerprint density at radius 2 is 1.97 bits per heavy atom. The van der Waals surface area contributed by atoms with Gasteiger partial charge in [0.05, 0.1) is 11.7 Å². The van der Waals surface area contributed by atoms with Crippen LogP contribution in [-0.2, 0) is 24.7 Å². The second-order valence-corrected chi connectivity index (χ2v) is 8.66. The lowest BCUT2D eigenvalue weighted by Crippen LogP contribution is -2.53. The molecule has 2 atom stereocenters. The number of hydrogen-bond acceptors (Lipinski definition) is 5. The molecule has 5 rings (SSSR count). The molecule has 3 heterocycles. The number of rotatable bonds is 3. The van der Waals surface area contributed by atoms with Gasteiger partial charge in [-0.3, -0.25) is 14.4 Å². The van der Waals surface area contributed by atoms with Gasteiger partial charge in [0.1, 0.15) is 11.6 Å². The summed E-state index contributed by atoms with van der Waals surface area (Å²) in [4.78, 5) is 43.1. The minimum atomic E-state index is -1.85. The molecule has 0 bridgehead atoms. The molecule has 33 heavy (non-hydrogen) atoms. The van der Waals surface area contributed by atoms with Crippen LogP contribution in [0, 0.1) is 12.7 Å². The predicted octanol–water partition coefficient (Wildman–Crippen LogP) is 2.87. The van der Waals surface area contributed by atoms with Crippen LogP contribution in [0.4, 0.5) is 10.1 Å². The molecule has 2 aromatic rings. The van der Waals surface area contributed by atoms with E-state index in [-0.39, 0.29) is 23.8 Å². The van der Waals surface area contributed by atoms with Crippen molar-refractivity contribution in [3.63, 3.8) is 0 Å². The fraction of sp³-hybridized carbons (Fsp3) is 0.320. The number of benzene rings is 2. The number of para-hydroxylation sites is 1. The van der Waals surface area contributed by atoms with E-state index in [1.807, 2.05) is 0 Å². The molecule has 3 aliphatic rings. The maximum absolute atomic E-state index is 14.3. The van der Waals surface area contributed by atoms with E-state index in [1.165, 1.54) is 21.9 Å². The Kier molecular flexibility index (Phi) is 4.86. The number of Topliss-reactive ketones (excluding diaryl/α,β-unsaturated/α-hetero) is 1. The fourth-order valence-electron chi connectivity index (χ4n) is 5.10. The number of ketones is 1. The van der Waals surface area contributed by atoms with Gasteiger partial charge in [-0.05, 0) is 37.5 Å². The van der Waals surface area contributed by atoms with Crippen LogP contribution in [0.3, 0.4) is 0 Å².